The molecule has 1 heterocycles. The second-order valence-corrected chi connectivity index (χ2v) is 6.70. The van der Waals surface area contributed by atoms with E-state index in [9.17, 15) is 14.4 Å². The fourth-order valence-electron chi connectivity index (χ4n) is 3.11. The summed E-state index contributed by atoms with van der Waals surface area (Å²) in [6.45, 7) is 3.20. The van der Waals surface area contributed by atoms with Crippen molar-refractivity contribution in [3.05, 3.63) is 71.4 Å². The SMILES string of the molecule is Cc1[nH]c2ccccc2c1C(=O)COC(=O)CC(C)NC(=O)c1ccccc1. The largest absolute Gasteiger partial charge is 0.457 e. The highest BCUT2D eigenvalue weighted by Crippen LogP contribution is 2.22. The number of aromatic amines is 1. The number of Topliss-reactive ketones (excluding diaryl/α,β-unsaturated/α-hetero) is 1. The van der Waals surface area contributed by atoms with Gasteiger partial charge in [-0.3, -0.25) is 14.4 Å². The van der Waals surface area contributed by atoms with Crippen LogP contribution in [0, 0.1) is 6.92 Å². The van der Waals surface area contributed by atoms with Crippen LogP contribution in [0.15, 0.2) is 54.6 Å². The van der Waals surface area contributed by atoms with Gasteiger partial charge in [-0.15, -0.1) is 0 Å². The lowest BCUT2D eigenvalue weighted by atomic mass is 10.1. The molecule has 0 spiro atoms. The number of nitrogens with one attached hydrogen (secondary N) is 2. The zero-order valence-electron chi connectivity index (χ0n) is 15.8. The average Bonchev–Trinajstić information content (AvgIpc) is 3.02. The lowest BCUT2D eigenvalue weighted by molar-refractivity contribution is -0.142. The molecule has 1 unspecified atom stereocenters. The average molecular weight is 378 g/mol. The molecule has 1 aromatic heterocycles. The van der Waals surface area contributed by atoms with Gasteiger partial charge in [0.1, 0.15) is 0 Å². The zero-order valence-corrected chi connectivity index (χ0v) is 15.8. The summed E-state index contributed by atoms with van der Waals surface area (Å²) in [6.07, 6.45) is -0.0152. The van der Waals surface area contributed by atoms with E-state index in [2.05, 4.69) is 10.3 Å². The van der Waals surface area contributed by atoms with Gasteiger partial charge in [-0.1, -0.05) is 36.4 Å². The first-order valence-corrected chi connectivity index (χ1v) is 9.07. The Bertz CT molecular complexity index is 1010. The maximum absolute atomic E-state index is 12.5. The maximum atomic E-state index is 12.5. The second kappa shape index (κ2) is 8.52. The van der Waals surface area contributed by atoms with Crippen molar-refractivity contribution in [2.45, 2.75) is 26.3 Å². The molecule has 1 amide bonds. The number of rotatable bonds is 7. The highest BCUT2D eigenvalue weighted by Gasteiger charge is 2.19. The number of H-pyrrole nitrogens is 1. The van der Waals surface area contributed by atoms with E-state index in [1.807, 2.05) is 37.3 Å². The van der Waals surface area contributed by atoms with Crippen LogP contribution < -0.4 is 5.32 Å². The van der Waals surface area contributed by atoms with Crippen molar-refractivity contribution in [1.29, 1.82) is 0 Å². The maximum Gasteiger partial charge on any atom is 0.308 e. The standard InChI is InChI=1S/C22H22N2O4/c1-14(23-22(27)16-8-4-3-5-9-16)12-20(26)28-13-19(25)21-15(2)24-18-11-7-6-10-17(18)21/h3-11,14,24H,12-13H2,1-2H3,(H,23,27). The summed E-state index contributed by atoms with van der Waals surface area (Å²) in [7, 11) is 0. The van der Waals surface area contributed by atoms with E-state index in [4.69, 9.17) is 4.74 Å². The van der Waals surface area contributed by atoms with Crippen LogP contribution in [0.2, 0.25) is 0 Å². The summed E-state index contributed by atoms with van der Waals surface area (Å²) in [4.78, 5) is 39.8. The Labute approximate surface area is 162 Å². The van der Waals surface area contributed by atoms with Gasteiger partial charge in [-0.2, -0.15) is 0 Å². The zero-order chi connectivity index (χ0) is 20.1. The number of aryl methyl sites for hydroxylation is 1. The molecule has 28 heavy (non-hydrogen) atoms. The van der Waals surface area contributed by atoms with Crippen molar-refractivity contribution >= 4 is 28.6 Å². The molecule has 0 aliphatic rings. The van der Waals surface area contributed by atoms with Crippen molar-refractivity contribution in [3.63, 3.8) is 0 Å². The highest BCUT2D eigenvalue weighted by molar-refractivity contribution is 6.10. The molecule has 1 atom stereocenters. The Morgan fingerprint density at radius 1 is 1.04 bits per heavy atom. The normalized spacial score (nSPS) is 11.8. The smallest absolute Gasteiger partial charge is 0.308 e. The predicted octanol–water partition coefficient (Wildman–Crippen LogP) is 3.41. The van der Waals surface area contributed by atoms with E-state index in [-0.39, 0.29) is 24.7 Å². The van der Waals surface area contributed by atoms with Gasteiger partial charge in [-0.05, 0) is 32.0 Å². The van der Waals surface area contributed by atoms with Crippen molar-refractivity contribution in [2.75, 3.05) is 6.61 Å². The fourth-order valence-corrected chi connectivity index (χ4v) is 3.11. The minimum absolute atomic E-state index is 0.0152. The van der Waals surface area contributed by atoms with Crippen molar-refractivity contribution in [3.8, 4) is 0 Å². The van der Waals surface area contributed by atoms with Crippen molar-refractivity contribution < 1.29 is 19.1 Å². The molecule has 6 nitrogen and oxygen atoms in total. The van der Waals surface area contributed by atoms with Crippen LogP contribution in [0.1, 0.15) is 39.8 Å². The molecule has 0 fully saturated rings. The van der Waals surface area contributed by atoms with Crippen molar-refractivity contribution in [2.24, 2.45) is 0 Å². The van der Waals surface area contributed by atoms with Gasteiger partial charge in [0.25, 0.3) is 5.91 Å². The summed E-state index contributed by atoms with van der Waals surface area (Å²) in [5, 5.41) is 3.56. The fraction of sp³-hybridized carbons (Fsp3) is 0.227. The molecule has 0 saturated carbocycles. The Balaban J connectivity index is 1.53. The molecule has 2 N–H and O–H groups in total. The first-order valence-electron chi connectivity index (χ1n) is 9.07. The van der Waals surface area contributed by atoms with Crippen LogP contribution >= 0.6 is 0 Å². The number of hydrogen-bond donors (Lipinski definition) is 2. The van der Waals surface area contributed by atoms with Crippen LogP contribution in [0.4, 0.5) is 0 Å². The minimum atomic E-state index is -0.535. The molecule has 0 saturated heterocycles. The first kappa shape index (κ1) is 19.4. The molecule has 144 valence electrons. The molecule has 0 aliphatic heterocycles. The lowest BCUT2D eigenvalue weighted by Gasteiger charge is -2.13. The molecular formula is C22H22N2O4. The van der Waals surface area contributed by atoms with E-state index in [0.717, 1.165) is 16.6 Å². The van der Waals surface area contributed by atoms with Gasteiger partial charge in [0, 0.05) is 33.8 Å². The quantitative estimate of drug-likeness (QED) is 0.487. The number of carbonyl (C=O) groups excluding carboxylic acids is 3. The van der Waals surface area contributed by atoms with E-state index in [1.165, 1.54) is 0 Å². The number of esters is 1. The third kappa shape index (κ3) is 4.46. The summed E-state index contributed by atoms with van der Waals surface area (Å²) >= 11 is 0. The first-order chi connectivity index (χ1) is 13.5. The van der Waals surface area contributed by atoms with Crippen LogP contribution in [0.5, 0.6) is 0 Å². The molecule has 3 aromatic rings. The molecule has 2 aromatic carbocycles. The summed E-state index contributed by atoms with van der Waals surface area (Å²) in [5.41, 5.74) is 2.67. The van der Waals surface area contributed by atoms with E-state index in [0.29, 0.717) is 11.1 Å². The second-order valence-electron chi connectivity index (χ2n) is 6.70. The number of benzene rings is 2. The van der Waals surface area contributed by atoms with E-state index < -0.39 is 12.0 Å². The van der Waals surface area contributed by atoms with Crippen molar-refractivity contribution in [1.82, 2.24) is 10.3 Å². The Morgan fingerprint density at radius 2 is 1.71 bits per heavy atom. The van der Waals surface area contributed by atoms with Gasteiger partial charge in [0.2, 0.25) is 5.78 Å². The molecular weight excluding hydrogens is 356 g/mol. The minimum Gasteiger partial charge on any atom is -0.457 e. The molecule has 0 radical (unpaired) electrons. The number of para-hydroxylation sites is 1. The third-order valence-electron chi connectivity index (χ3n) is 4.42. The van der Waals surface area contributed by atoms with Crippen LogP contribution in [0.3, 0.4) is 0 Å². The van der Waals surface area contributed by atoms with Crippen LogP contribution in [-0.4, -0.2) is 35.3 Å². The molecule has 0 bridgehead atoms. The summed E-state index contributed by atoms with van der Waals surface area (Å²) in [5.74, 6) is -1.05. The number of amides is 1. The lowest BCUT2D eigenvalue weighted by Crippen LogP contribution is -2.34. The summed E-state index contributed by atoms with van der Waals surface area (Å²) in [6, 6.07) is 15.8. The van der Waals surface area contributed by atoms with Gasteiger partial charge < -0.3 is 15.0 Å². The number of ketones is 1. The highest BCUT2D eigenvalue weighted by atomic mass is 16.5. The predicted molar refractivity (Wildman–Crippen MR) is 106 cm³/mol. The van der Waals surface area contributed by atoms with Gasteiger partial charge in [0.15, 0.2) is 6.61 Å². The number of carbonyl (C=O) groups is 3. The van der Waals surface area contributed by atoms with Gasteiger partial charge in [0.05, 0.1) is 6.42 Å². The number of fused-ring (bicyclic) bond motifs is 1. The van der Waals surface area contributed by atoms with Crippen LogP contribution in [-0.2, 0) is 9.53 Å². The van der Waals surface area contributed by atoms with Crippen LogP contribution in [0.25, 0.3) is 10.9 Å². The van der Waals surface area contributed by atoms with E-state index in [1.54, 1.807) is 31.2 Å². The van der Waals surface area contributed by atoms with Gasteiger partial charge >= 0.3 is 5.97 Å². The Morgan fingerprint density at radius 3 is 2.46 bits per heavy atom. The molecule has 3 rings (SSSR count). The Kier molecular flexibility index (Phi) is 5.89. The number of aromatic nitrogens is 1. The topological polar surface area (TPSA) is 88.3 Å². The van der Waals surface area contributed by atoms with Gasteiger partial charge in [-0.25, -0.2) is 0 Å². The molecule has 0 aliphatic carbocycles. The molecule has 6 heteroatoms. The third-order valence-corrected chi connectivity index (χ3v) is 4.42. The Hall–Kier alpha value is -3.41. The monoisotopic (exact) mass is 378 g/mol. The summed E-state index contributed by atoms with van der Waals surface area (Å²) < 4.78 is 5.14. The number of hydrogen-bond acceptors (Lipinski definition) is 4. The number of ether oxygens (including phenoxy) is 1. The van der Waals surface area contributed by atoms with E-state index >= 15 is 0 Å².